The van der Waals surface area contributed by atoms with Crippen molar-refractivity contribution in [1.29, 1.82) is 0 Å². The zero-order valence-electron chi connectivity index (χ0n) is 9.79. The van der Waals surface area contributed by atoms with Gasteiger partial charge in [0.15, 0.2) is 0 Å². The molecule has 0 radical (unpaired) electrons. The third kappa shape index (κ3) is 3.67. The minimum Gasteiger partial charge on any atom is -0.359 e. The van der Waals surface area contributed by atoms with Gasteiger partial charge in [-0.1, -0.05) is 5.57 Å². The first-order valence-corrected chi connectivity index (χ1v) is 5.70. The molecule has 0 aliphatic carbocycles. The van der Waals surface area contributed by atoms with Crippen molar-refractivity contribution in [3.8, 4) is 0 Å². The van der Waals surface area contributed by atoms with Crippen LogP contribution in [0.2, 0.25) is 0 Å². The molecule has 0 N–H and O–H groups in total. The zero-order valence-corrected chi connectivity index (χ0v) is 9.79. The van der Waals surface area contributed by atoms with Crippen LogP contribution in [0.4, 0.5) is 0 Å². The standard InChI is InChI=1S/C12H21NO2/c1-4-15-12-7-5-6-11(14)13(12)9-8-10(2)3/h12H,2,4-9H2,1,3H3. The van der Waals surface area contributed by atoms with Gasteiger partial charge in [-0.3, -0.25) is 4.79 Å². The maximum absolute atomic E-state index is 11.7. The van der Waals surface area contributed by atoms with Crippen LogP contribution in [-0.2, 0) is 9.53 Å². The third-order valence-corrected chi connectivity index (χ3v) is 2.65. The molecule has 86 valence electrons. The third-order valence-electron chi connectivity index (χ3n) is 2.65. The molecule has 1 unspecified atom stereocenters. The van der Waals surface area contributed by atoms with E-state index in [9.17, 15) is 4.79 Å². The van der Waals surface area contributed by atoms with Gasteiger partial charge in [-0.25, -0.2) is 0 Å². The maximum atomic E-state index is 11.7. The second kappa shape index (κ2) is 5.91. The molecule has 1 rings (SSSR count). The number of nitrogens with zero attached hydrogens (tertiary/aromatic N) is 1. The summed E-state index contributed by atoms with van der Waals surface area (Å²) in [4.78, 5) is 13.6. The molecule has 0 aromatic heterocycles. The first-order chi connectivity index (χ1) is 7.15. The summed E-state index contributed by atoms with van der Waals surface area (Å²) < 4.78 is 5.57. The van der Waals surface area contributed by atoms with Gasteiger partial charge in [0, 0.05) is 19.6 Å². The van der Waals surface area contributed by atoms with Gasteiger partial charge in [-0.15, -0.1) is 6.58 Å². The Kier molecular flexibility index (Phi) is 4.82. The molecule has 3 heteroatoms. The number of piperidine rings is 1. The summed E-state index contributed by atoms with van der Waals surface area (Å²) in [6, 6.07) is 0. The minimum atomic E-state index is -0.00407. The predicted octanol–water partition coefficient (Wildman–Crippen LogP) is 2.33. The van der Waals surface area contributed by atoms with E-state index in [4.69, 9.17) is 4.74 Å². The van der Waals surface area contributed by atoms with Crippen LogP contribution in [0.5, 0.6) is 0 Å². The lowest BCUT2D eigenvalue weighted by Gasteiger charge is -2.35. The summed E-state index contributed by atoms with van der Waals surface area (Å²) in [6.07, 6.45) is 3.45. The lowest BCUT2D eigenvalue weighted by atomic mass is 10.1. The van der Waals surface area contributed by atoms with Crippen LogP contribution < -0.4 is 0 Å². The van der Waals surface area contributed by atoms with E-state index in [1.807, 2.05) is 18.7 Å². The Bertz CT molecular complexity index is 236. The van der Waals surface area contributed by atoms with E-state index >= 15 is 0 Å². The highest BCUT2D eigenvalue weighted by Crippen LogP contribution is 2.20. The fraction of sp³-hybridized carbons (Fsp3) is 0.750. The van der Waals surface area contributed by atoms with Crippen LogP contribution in [0.3, 0.4) is 0 Å². The number of carbonyl (C=O) groups excluding carboxylic acids is 1. The van der Waals surface area contributed by atoms with Crippen molar-refractivity contribution in [3.05, 3.63) is 12.2 Å². The molecule has 0 aromatic rings. The van der Waals surface area contributed by atoms with Gasteiger partial charge in [-0.2, -0.15) is 0 Å². The fourth-order valence-electron chi connectivity index (χ4n) is 1.83. The molecule has 1 atom stereocenters. The van der Waals surface area contributed by atoms with Gasteiger partial charge in [-0.05, 0) is 33.1 Å². The largest absolute Gasteiger partial charge is 0.359 e. The summed E-state index contributed by atoms with van der Waals surface area (Å²) in [5.74, 6) is 0.223. The molecule has 1 fully saturated rings. The van der Waals surface area contributed by atoms with E-state index in [1.165, 1.54) is 0 Å². The van der Waals surface area contributed by atoms with Crippen molar-refractivity contribution in [1.82, 2.24) is 4.90 Å². The van der Waals surface area contributed by atoms with Crippen molar-refractivity contribution in [2.45, 2.75) is 45.8 Å². The number of ether oxygens (including phenoxy) is 1. The van der Waals surface area contributed by atoms with Crippen molar-refractivity contribution >= 4 is 5.91 Å². The second-order valence-corrected chi connectivity index (χ2v) is 4.10. The summed E-state index contributed by atoms with van der Waals surface area (Å²) in [5, 5.41) is 0. The summed E-state index contributed by atoms with van der Waals surface area (Å²) in [7, 11) is 0. The molecule has 1 aliphatic rings. The van der Waals surface area contributed by atoms with E-state index in [0.29, 0.717) is 13.0 Å². The van der Waals surface area contributed by atoms with Crippen molar-refractivity contribution in [2.75, 3.05) is 13.2 Å². The number of hydrogen-bond acceptors (Lipinski definition) is 2. The Morgan fingerprint density at radius 1 is 1.67 bits per heavy atom. The molecule has 1 aliphatic heterocycles. The summed E-state index contributed by atoms with van der Waals surface area (Å²) >= 11 is 0. The topological polar surface area (TPSA) is 29.5 Å². The number of carbonyl (C=O) groups is 1. The van der Waals surface area contributed by atoms with Crippen molar-refractivity contribution in [2.24, 2.45) is 0 Å². The monoisotopic (exact) mass is 211 g/mol. The molecular weight excluding hydrogens is 190 g/mol. The smallest absolute Gasteiger partial charge is 0.224 e. The van der Waals surface area contributed by atoms with Gasteiger partial charge < -0.3 is 9.64 Å². The average molecular weight is 211 g/mol. The van der Waals surface area contributed by atoms with E-state index in [-0.39, 0.29) is 12.1 Å². The number of amides is 1. The highest BCUT2D eigenvalue weighted by atomic mass is 16.5. The van der Waals surface area contributed by atoms with Gasteiger partial charge >= 0.3 is 0 Å². The highest BCUT2D eigenvalue weighted by Gasteiger charge is 2.27. The summed E-state index contributed by atoms with van der Waals surface area (Å²) in [6.45, 7) is 9.23. The molecule has 0 spiro atoms. The molecule has 3 nitrogen and oxygen atoms in total. The van der Waals surface area contributed by atoms with Crippen LogP contribution in [0.25, 0.3) is 0 Å². The number of hydrogen-bond donors (Lipinski definition) is 0. The SMILES string of the molecule is C=C(C)CCN1C(=O)CCCC1OCC. The van der Waals surface area contributed by atoms with Gasteiger partial charge in [0.25, 0.3) is 0 Å². The molecule has 1 amide bonds. The maximum Gasteiger partial charge on any atom is 0.224 e. The van der Waals surface area contributed by atoms with Gasteiger partial charge in [0.05, 0.1) is 0 Å². The highest BCUT2D eigenvalue weighted by molar-refractivity contribution is 5.77. The lowest BCUT2D eigenvalue weighted by molar-refractivity contribution is -0.152. The Morgan fingerprint density at radius 3 is 3.00 bits per heavy atom. The molecular formula is C12H21NO2. The predicted molar refractivity (Wildman–Crippen MR) is 60.4 cm³/mol. The molecule has 1 heterocycles. The fourth-order valence-corrected chi connectivity index (χ4v) is 1.83. The van der Waals surface area contributed by atoms with E-state index < -0.39 is 0 Å². The Hall–Kier alpha value is -0.830. The number of likely N-dealkylation sites (tertiary alicyclic amines) is 1. The Labute approximate surface area is 92.1 Å². The minimum absolute atomic E-state index is 0.00407. The summed E-state index contributed by atoms with van der Waals surface area (Å²) in [5.41, 5.74) is 1.11. The molecule has 0 saturated carbocycles. The van der Waals surface area contributed by atoms with Crippen LogP contribution >= 0.6 is 0 Å². The number of rotatable bonds is 5. The van der Waals surface area contributed by atoms with E-state index in [1.54, 1.807) is 0 Å². The molecule has 15 heavy (non-hydrogen) atoms. The quantitative estimate of drug-likeness (QED) is 0.653. The van der Waals surface area contributed by atoms with E-state index in [0.717, 1.165) is 31.4 Å². The first kappa shape index (κ1) is 12.2. The lowest BCUT2D eigenvalue weighted by Crippen LogP contribution is -2.45. The Balaban J connectivity index is 2.51. The Morgan fingerprint density at radius 2 is 2.40 bits per heavy atom. The normalized spacial score (nSPS) is 21.9. The van der Waals surface area contributed by atoms with Gasteiger partial charge in [0.2, 0.25) is 5.91 Å². The van der Waals surface area contributed by atoms with Crippen LogP contribution in [0.1, 0.15) is 39.5 Å². The molecule has 0 bridgehead atoms. The van der Waals surface area contributed by atoms with Gasteiger partial charge in [0.1, 0.15) is 6.23 Å². The zero-order chi connectivity index (χ0) is 11.3. The first-order valence-electron chi connectivity index (χ1n) is 5.70. The van der Waals surface area contributed by atoms with E-state index in [2.05, 4.69) is 6.58 Å². The second-order valence-electron chi connectivity index (χ2n) is 4.10. The van der Waals surface area contributed by atoms with Crippen LogP contribution in [-0.4, -0.2) is 30.2 Å². The average Bonchev–Trinajstić information content (AvgIpc) is 2.17. The molecule has 1 saturated heterocycles. The van der Waals surface area contributed by atoms with Crippen molar-refractivity contribution in [3.63, 3.8) is 0 Å². The van der Waals surface area contributed by atoms with Crippen LogP contribution in [0, 0.1) is 0 Å². The molecule has 0 aromatic carbocycles. The van der Waals surface area contributed by atoms with Crippen LogP contribution in [0.15, 0.2) is 12.2 Å². The van der Waals surface area contributed by atoms with Crippen molar-refractivity contribution < 1.29 is 9.53 Å².